The molecule has 0 saturated carbocycles. The first-order chi connectivity index (χ1) is 9.83. The van der Waals surface area contributed by atoms with E-state index in [9.17, 15) is 9.59 Å². The van der Waals surface area contributed by atoms with Crippen LogP contribution in [0.15, 0.2) is 18.3 Å². The molecule has 0 spiro atoms. The summed E-state index contributed by atoms with van der Waals surface area (Å²) in [5.41, 5.74) is -0.519. The van der Waals surface area contributed by atoms with Crippen molar-refractivity contribution in [1.29, 1.82) is 0 Å². The molecule has 2 aromatic heterocycles. The lowest BCUT2D eigenvalue weighted by atomic mass is 10.1. The van der Waals surface area contributed by atoms with Gasteiger partial charge < -0.3 is 10.1 Å². The third kappa shape index (κ3) is 3.30. The molecule has 0 radical (unpaired) electrons. The van der Waals surface area contributed by atoms with Gasteiger partial charge in [0.2, 0.25) is 0 Å². The Hall–Kier alpha value is -2.15. The molecule has 0 saturated heterocycles. The van der Waals surface area contributed by atoms with E-state index in [2.05, 4.69) is 15.4 Å². The number of aromatic nitrogens is 3. The van der Waals surface area contributed by atoms with Crippen LogP contribution in [0.2, 0.25) is 5.15 Å². The summed E-state index contributed by atoms with van der Waals surface area (Å²) in [6, 6.07) is 3.22. The quantitative estimate of drug-likeness (QED) is 0.864. The molecule has 7 nitrogen and oxygen atoms in total. The van der Waals surface area contributed by atoms with Gasteiger partial charge in [0, 0.05) is 0 Å². The number of imidazole rings is 1. The van der Waals surface area contributed by atoms with Crippen LogP contribution in [0, 0.1) is 0 Å². The second kappa shape index (κ2) is 5.69. The van der Waals surface area contributed by atoms with E-state index in [1.807, 2.05) is 0 Å². The molecule has 2 rings (SSSR count). The monoisotopic (exact) mass is 310 g/mol. The zero-order chi connectivity index (χ0) is 15.6. The minimum Gasteiger partial charge on any atom is -0.464 e. The molecule has 0 aliphatic rings. The molecule has 0 fully saturated rings. The lowest BCUT2D eigenvalue weighted by Gasteiger charge is -2.23. The molecule has 1 N–H and O–H groups in total. The Balaban J connectivity index is 2.20. The summed E-state index contributed by atoms with van der Waals surface area (Å²) in [5.74, 6) is -1.00. The van der Waals surface area contributed by atoms with Crippen molar-refractivity contribution in [3.05, 3.63) is 29.2 Å². The van der Waals surface area contributed by atoms with Gasteiger partial charge in [0.1, 0.15) is 16.4 Å². The number of rotatable bonds is 4. The highest BCUT2D eigenvalue weighted by Gasteiger charge is 2.32. The van der Waals surface area contributed by atoms with E-state index in [4.69, 9.17) is 16.3 Å². The van der Waals surface area contributed by atoms with Crippen molar-refractivity contribution >= 4 is 29.1 Å². The molecule has 0 unspecified atom stereocenters. The summed E-state index contributed by atoms with van der Waals surface area (Å²) in [7, 11) is 0. The number of hydrogen-bond acceptors (Lipinski definition) is 5. The van der Waals surface area contributed by atoms with Gasteiger partial charge in [-0.15, -0.1) is 0 Å². The van der Waals surface area contributed by atoms with Crippen LogP contribution in [-0.2, 0) is 9.53 Å². The number of carbonyl (C=O) groups is 2. The van der Waals surface area contributed by atoms with Crippen molar-refractivity contribution in [2.75, 3.05) is 6.61 Å². The fourth-order valence-electron chi connectivity index (χ4n) is 1.68. The van der Waals surface area contributed by atoms with Gasteiger partial charge in [0.25, 0.3) is 5.91 Å². The van der Waals surface area contributed by atoms with Gasteiger partial charge in [0.15, 0.2) is 5.65 Å². The maximum Gasteiger partial charge on any atom is 0.331 e. The number of ether oxygens (including phenoxy) is 1. The first-order valence-corrected chi connectivity index (χ1v) is 6.73. The lowest BCUT2D eigenvalue weighted by Crippen LogP contribution is -2.50. The average Bonchev–Trinajstić information content (AvgIpc) is 2.81. The summed E-state index contributed by atoms with van der Waals surface area (Å²) in [6.07, 6.45) is 1.44. The van der Waals surface area contributed by atoms with Crippen molar-refractivity contribution in [2.24, 2.45) is 0 Å². The van der Waals surface area contributed by atoms with E-state index in [1.165, 1.54) is 10.7 Å². The van der Waals surface area contributed by atoms with Gasteiger partial charge in [-0.1, -0.05) is 11.6 Å². The third-order valence-electron chi connectivity index (χ3n) is 2.73. The average molecular weight is 311 g/mol. The number of nitrogens with one attached hydrogen (secondary N) is 1. The second-order valence-corrected chi connectivity index (χ2v) is 5.27. The molecule has 2 aromatic rings. The second-order valence-electron chi connectivity index (χ2n) is 4.88. The van der Waals surface area contributed by atoms with Crippen LogP contribution >= 0.6 is 11.6 Å². The van der Waals surface area contributed by atoms with Gasteiger partial charge in [-0.3, -0.25) is 4.79 Å². The number of carbonyl (C=O) groups excluding carboxylic acids is 2. The number of nitrogens with zero attached hydrogens (tertiary/aromatic N) is 3. The Morgan fingerprint density at radius 1 is 1.43 bits per heavy atom. The lowest BCUT2D eigenvalue weighted by molar-refractivity contribution is -0.149. The maximum absolute atomic E-state index is 12.2. The number of fused-ring (bicyclic) bond motifs is 1. The number of amides is 1. The van der Waals surface area contributed by atoms with E-state index in [-0.39, 0.29) is 12.3 Å². The topological polar surface area (TPSA) is 85.6 Å². The van der Waals surface area contributed by atoms with Gasteiger partial charge >= 0.3 is 5.97 Å². The minimum absolute atomic E-state index is 0.141. The zero-order valence-corrected chi connectivity index (χ0v) is 12.6. The number of hydrogen-bond donors (Lipinski definition) is 1. The number of esters is 1. The summed E-state index contributed by atoms with van der Waals surface area (Å²) in [6.45, 7) is 5.07. The fourth-order valence-corrected chi connectivity index (χ4v) is 1.82. The molecular weight excluding hydrogens is 296 g/mol. The van der Waals surface area contributed by atoms with Crippen LogP contribution in [0.4, 0.5) is 0 Å². The van der Waals surface area contributed by atoms with E-state index in [1.54, 1.807) is 32.9 Å². The largest absolute Gasteiger partial charge is 0.464 e. The van der Waals surface area contributed by atoms with Gasteiger partial charge in [-0.25, -0.2) is 14.3 Å². The smallest absolute Gasteiger partial charge is 0.331 e. The van der Waals surface area contributed by atoms with Crippen molar-refractivity contribution in [3.63, 3.8) is 0 Å². The molecule has 0 aliphatic carbocycles. The van der Waals surface area contributed by atoms with E-state index in [0.29, 0.717) is 10.8 Å². The van der Waals surface area contributed by atoms with Crippen LogP contribution < -0.4 is 5.32 Å². The predicted molar refractivity (Wildman–Crippen MR) is 76.2 cm³/mol. The van der Waals surface area contributed by atoms with Crippen LogP contribution in [0.1, 0.15) is 31.3 Å². The molecular formula is C13H15ClN4O3. The summed E-state index contributed by atoms with van der Waals surface area (Å²) < 4.78 is 6.31. The Morgan fingerprint density at radius 2 is 2.14 bits per heavy atom. The molecule has 0 bridgehead atoms. The van der Waals surface area contributed by atoms with Crippen molar-refractivity contribution < 1.29 is 14.3 Å². The first kappa shape index (κ1) is 15.2. The SMILES string of the molecule is CCOC(=O)C(C)(C)NC(=O)c1cn2nc(Cl)ccc2n1. The van der Waals surface area contributed by atoms with E-state index in [0.717, 1.165) is 0 Å². The molecule has 0 atom stereocenters. The Morgan fingerprint density at radius 3 is 2.81 bits per heavy atom. The molecule has 2 heterocycles. The van der Waals surface area contributed by atoms with Crippen molar-refractivity contribution in [1.82, 2.24) is 19.9 Å². The van der Waals surface area contributed by atoms with E-state index >= 15 is 0 Å². The van der Waals surface area contributed by atoms with Gasteiger partial charge in [-0.2, -0.15) is 5.10 Å². The van der Waals surface area contributed by atoms with Crippen molar-refractivity contribution in [2.45, 2.75) is 26.3 Å². The molecule has 112 valence electrons. The Kier molecular flexibility index (Phi) is 4.13. The summed E-state index contributed by atoms with van der Waals surface area (Å²) >= 11 is 5.77. The maximum atomic E-state index is 12.2. The normalized spacial score (nSPS) is 11.4. The highest BCUT2D eigenvalue weighted by atomic mass is 35.5. The van der Waals surface area contributed by atoms with E-state index < -0.39 is 17.4 Å². The highest BCUT2D eigenvalue weighted by Crippen LogP contribution is 2.10. The highest BCUT2D eigenvalue weighted by molar-refractivity contribution is 6.29. The standard InChI is InChI=1S/C13H15ClN4O3/c1-4-21-12(20)13(2,3)16-11(19)8-7-18-10(15-8)6-5-9(14)17-18/h5-7H,4H2,1-3H3,(H,16,19). The molecule has 21 heavy (non-hydrogen) atoms. The van der Waals surface area contributed by atoms with Crippen LogP contribution in [0.3, 0.4) is 0 Å². The molecule has 0 aromatic carbocycles. The first-order valence-electron chi connectivity index (χ1n) is 6.35. The predicted octanol–water partition coefficient (Wildman–Crippen LogP) is 1.45. The van der Waals surface area contributed by atoms with Crippen LogP contribution in [0.5, 0.6) is 0 Å². The molecule has 1 amide bonds. The van der Waals surface area contributed by atoms with Gasteiger partial charge in [0.05, 0.1) is 12.8 Å². The van der Waals surface area contributed by atoms with Crippen molar-refractivity contribution in [3.8, 4) is 0 Å². The Labute approximate surface area is 126 Å². The van der Waals surface area contributed by atoms with Crippen LogP contribution in [-0.4, -0.2) is 38.6 Å². The zero-order valence-electron chi connectivity index (χ0n) is 11.9. The number of halogens is 1. The molecule has 8 heteroatoms. The summed E-state index contributed by atoms with van der Waals surface area (Å²) in [4.78, 5) is 28.0. The molecule has 0 aliphatic heterocycles. The van der Waals surface area contributed by atoms with Crippen LogP contribution in [0.25, 0.3) is 5.65 Å². The Bertz CT molecular complexity index is 696. The minimum atomic E-state index is -1.14. The van der Waals surface area contributed by atoms with Gasteiger partial charge in [-0.05, 0) is 32.9 Å². The third-order valence-corrected chi connectivity index (χ3v) is 2.93. The summed E-state index contributed by atoms with van der Waals surface area (Å²) in [5, 5.41) is 6.86. The fraction of sp³-hybridized carbons (Fsp3) is 0.385.